The van der Waals surface area contributed by atoms with Crippen LogP contribution in [0.1, 0.15) is 32.1 Å². The Morgan fingerprint density at radius 1 is 1.06 bits per heavy atom. The van der Waals surface area contributed by atoms with Crippen LogP contribution in [0.15, 0.2) is 25.4 Å². The average Bonchev–Trinajstić information content (AvgIpc) is 2.93. The molecule has 2 amide bonds. The second-order valence-electron chi connectivity index (χ2n) is 4.46. The van der Waals surface area contributed by atoms with Gasteiger partial charge in [-0.2, -0.15) is 0 Å². The molecule has 2 aliphatic heterocycles. The first kappa shape index (κ1) is 14.5. The molecule has 0 aliphatic carbocycles. The Labute approximate surface area is 109 Å². The number of amides is 2. The highest BCUT2D eigenvalue weighted by Crippen LogP contribution is 2.09. The lowest BCUT2D eigenvalue weighted by Gasteiger charge is -2.21. The summed E-state index contributed by atoms with van der Waals surface area (Å²) >= 11 is 0. The number of hydrogen-bond acceptors (Lipinski definition) is 2. The van der Waals surface area contributed by atoms with E-state index >= 15 is 0 Å². The van der Waals surface area contributed by atoms with Crippen molar-refractivity contribution in [2.45, 2.75) is 32.1 Å². The largest absolute Gasteiger partial charge is 0.339 e. The van der Waals surface area contributed by atoms with Crippen molar-refractivity contribution in [1.82, 2.24) is 9.80 Å². The molecule has 2 fully saturated rings. The highest BCUT2D eigenvalue weighted by atomic mass is 16.2. The summed E-state index contributed by atoms with van der Waals surface area (Å²) in [6.07, 6.45) is 8.17. The van der Waals surface area contributed by atoms with Crippen LogP contribution in [0.3, 0.4) is 0 Å². The quantitative estimate of drug-likeness (QED) is 0.703. The first-order chi connectivity index (χ1) is 8.69. The lowest BCUT2D eigenvalue weighted by atomic mass is 10.1. The molecule has 0 aromatic heterocycles. The monoisotopic (exact) mass is 250 g/mol. The summed E-state index contributed by atoms with van der Waals surface area (Å²) in [6, 6.07) is 0. The second kappa shape index (κ2) is 7.69. The van der Waals surface area contributed by atoms with Gasteiger partial charge in [0.1, 0.15) is 0 Å². The predicted octanol–water partition coefficient (Wildman–Crippen LogP) is 1.94. The molecule has 2 saturated heterocycles. The Kier molecular flexibility index (Phi) is 6.19. The third kappa shape index (κ3) is 4.35. The Bertz CT molecular complexity index is 320. The minimum atomic E-state index is 0.0764. The zero-order valence-electron chi connectivity index (χ0n) is 10.9. The molecule has 0 spiro atoms. The molecule has 0 unspecified atom stereocenters. The molecule has 0 aromatic carbocycles. The van der Waals surface area contributed by atoms with Crippen molar-refractivity contribution in [3.05, 3.63) is 25.4 Å². The van der Waals surface area contributed by atoms with E-state index < -0.39 is 0 Å². The van der Waals surface area contributed by atoms with Crippen molar-refractivity contribution < 1.29 is 9.59 Å². The van der Waals surface area contributed by atoms with E-state index in [1.165, 1.54) is 6.08 Å². The van der Waals surface area contributed by atoms with Gasteiger partial charge in [-0.3, -0.25) is 9.59 Å². The van der Waals surface area contributed by atoms with E-state index in [2.05, 4.69) is 13.2 Å². The van der Waals surface area contributed by atoms with Crippen molar-refractivity contribution in [3.63, 3.8) is 0 Å². The molecule has 4 nitrogen and oxygen atoms in total. The fraction of sp³-hybridized carbons (Fsp3) is 0.571. The molecule has 0 aromatic rings. The first-order valence-corrected chi connectivity index (χ1v) is 6.52. The first-order valence-electron chi connectivity index (χ1n) is 6.52. The summed E-state index contributed by atoms with van der Waals surface area (Å²) in [6.45, 7) is 9.66. The summed E-state index contributed by atoms with van der Waals surface area (Å²) in [5, 5.41) is 0. The van der Waals surface area contributed by atoms with Gasteiger partial charge in [0, 0.05) is 26.1 Å². The van der Waals surface area contributed by atoms with E-state index in [9.17, 15) is 9.59 Å². The number of nitrogens with zero attached hydrogens (tertiary/aromatic N) is 2. The summed E-state index contributed by atoms with van der Waals surface area (Å²) in [7, 11) is 0. The molecule has 0 radical (unpaired) electrons. The lowest BCUT2D eigenvalue weighted by Crippen LogP contribution is -2.29. The second-order valence-corrected chi connectivity index (χ2v) is 4.46. The van der Waals surface area contributed by atoms with Gasteiger partial charge in [-0.05, 0) is 38.0 Å². The van der Waals surface area contributed by atoms with Crippen molar-refractivity contribution in [3.8, 4) is 0 Å². The van der Waals surface area contributed by atoms with Crippen LogP contribution in [0.2, 0.25) is 0 Å². The summed E-state index contributed by atoms with van der Waals surface area (Å²) in [4.78, 5) is 25.2. The van der Waals surface area contributed by atoms with Gasteiger partial charge < -0.3 is 9.80 Å². The van der Waals surface area contributed by atoms with Gasteiger partial charge in [0.05, 0.1) is 0 Å². The molecule has 0 atom stereocenters. The minimum Gasteiger partial charge on any atom is -0.339 e. The molecule has 0 bridgehead atoms. The molecular weight excluding hydrogens is 228 g/mol. The smallest absolute Gasteiger partial charge is 0.245 e. The normalized spacial score (nSPS) is 19.0. The molecule has 0 saturated carbocycles. The standard InChI is InChI=1S/2C7H11NO/c1-2-8-6-4-3-5-7(8)9;1-2-7(9)8-5-3-4-6-8/h2*2H,1,3-6H2. The molecule has 2 aliphatic rings. The maximum absolute atomic E-state index is 10.9. The Hall–Kier alpha value is -1.58. The van der Waals surface area contributed by atoms with Gasteiger partial charge in [-0.15, -0.1) is 0 Å². The van der Waals surface area contributed by atoms with Crippen LogP contribution in [0, 0.1) is 0 Å². The van der Waals surface area contributed by atoms with Crippen LogP contribution in [0.25, 0.3) is 0 Å². The van der Waals surface area contributed by atoms with E-state index in [1.54, 1.807) is 11.1 Å². The number of piperidine rings is 1. The lowest BCUT2D eigenvalue weighted by molar-refractivity contribution is -0.130. The fourth-order valence-corrected chi connectivity index (χ4v) is 2.09. The van der Waals surface area contributed by atoms with Crippen molar-refractivity contribution >= 4 is 11.8 Å². The van der Waals surface area contributed by atoms with Crippen molar-refractivity contribution in [2.75, 3.05) is 19.6 Å². The zero-order valence-corrected chi connectivity index (χ0v) is 10.9. The van der Waals surface area contributed by atoms with Crippen LogP contribution < -0.4 is 0 Å². The maximum atomic E-state index is 10.9. The average molecular weight is 250 g/mol. The Balaban J connectivity index is 0.000000180. The van der Waals surface area contributed by atoms with Gasteiger partial charge in [-0.1, -0.05) is 13.2 Å². The van der Waals surface area contributed by atoms with E-state index in [4.69, 9.17) is 0 Å². The number of hydrogen-bond donors (Lipinski definition) is 0. The summed E-state index contributed by atoms with van der Waals surface area (Å²) in [5.74, 6) is 0.295. The molecular formula is C14H22N2O2. The van der Waals surface area contributed by atoms with Crippen LogP contribution in [-0.2, 0) is 9.59 Å². The van der Waals surface area contributed by atoms with Crippen molar-refractivity contribution in [1.29, 1.82) is 0 Å². The third-order valence-corrected chi connectivity index (χ3v) is 3.17. The fourth-order valence-electron chi connectivity index (χ4n) is 2.09. The van der Waals surface area contributed by atoms with Crippen LogP contribution in [-0.4, -0.2) is 41.2 Å². The Morgan fingerprint density at radius 2 is 1.67 bits per heavy atom. The van der Waals surface area contributed by atoms with Crippen LogP contribution >= 0.6 is 0 Å². The number of carbonyl (C=O) groups is 2. The van der Waals surface area contributed by atoms with E-state index in [1.807, 2.05) is 4.90 Å². The maximum Gasteiger partial charge on any atom is 0.245 e. The van der Waals surface area contributed by atoms with E-state index in [0.29, 0.717) is 6.42 Å². The molecule has 18 heavy (non-hydrogen) atoms. The highest BCUT2D eigenvalue weighted by Gasteiger charge is 2.14. The van der Waals surface area contributed by atoms with Crippen LogP contribution in [0.5, 0.6) is 0 Å². The number of carbonyl (C=O) groups excluding carboxylic acids is 2. The van der Waals surface area contributed by atoms with Gasteiger partial charge >= 0.3 is 0 Å². The Morgan fingerprint density at radius 3 is 2.11 bits per heavy atom. The molecule has 2 rings (SSSR count). The summed E-state index contributed by atoms with van der Waals surface area (Å²) in [5.41, 5.74) is 0. The minimum absolute atomic E-state index is 0.0764. The SMILES string of the molecule is C=CC(=O)N1CCCC1.C=CN1CCCCC1=O. The van der Waals surface area contributed by atoms with E-state index in [0.717, 1.165) is 45.3 Å². The molecule has 100 valence electrons. The number of likely N-dealkylation sites (tertiary alicyclic amines) is 2. The third-order valence-electron chi connectivity index (χ3n) is 3.17. The van der Waals surface area contributed by atoms with Gasteiger partial charge in [-0.25, -0.2) is 0 Å². The van der Waals surface area contributed by atoms with Gasteiger partial charge in [0.25, 0.3) is 0 Å². The van der Waals surface area contributed by atoms with Crippen LogP contribution in [0.4, 0.5) is 0 Å². The molecule has 2 heterocycles. The number of rotatable bonds is 2. The highest BCUT2D eigenvalue weighted by molar-refractivity contribution is 5.87. The zero-order chi connectivity index (χ0) is 13.4. The van der Waals surface area contributed by atoms with Crippen molar-refractivity contribution in [2.24, 2.45) is 0 Å². The molecule has 0 N–H and O–H groups in total. The predicted molar refractivity (Wildman–Crippen MR) is 71.8 cm³/mol. The van der Waals surface area contributed by atoms with Gasteiger partial charge in [0.2, 0.25) is 11.8 Å². The van der Waals surface area contributed by atoms with Gasteiger partial charge in [0.15, 0.2) is 0 Å². The summed E-state index contributed by atoms with van der Waals surface area (Å²) < 4.78 is 0. The molecule has 4 heteroatoms. The van der Waals surface area contributed by atoms with E-state index in [-0.39, 0.29) is 11.8 Å². The topological polar surface area (TPSA) is 40.6 Å².